The van der Waals surface area contributed by atoms with Crippen molar-refractivity contribution in [3.05, 3.63) is 12.2 Å². The normalized spacial score (nSPS) is 14.0. The number of methoxy groups -OCH3 is 1. The molecule has 0 fully saturated rings. The van der Waals surface area contributed by atoms with Gasteiger partial charge in [-0.15, -0.1) is 0 Å². The van der Waals surface area contributed by atoms with Crippen LogP contribution < -0.4 is 0 Å². The maximum Gasteiger partial charge on any atom is 0.389 e. The first-order chi connectivity index (χ1) is 9.10. The predicted molar refractivity (Wildman–Crippen MR) is 51.3 cm³/mol. The van der Waals surface area contributed by atoms with E-state index in [1.807, 2.05) is 0 Å². The van der Waals surface area contributed by atoms with E-state index in [0.717, 1.165) is 0 Å². The molecule has 0 N–H and O–H groups in total. The zero-order valence-corrected chi connectivity index (χ0v) is 10.3. The van der Waals surface area contributed by atoms with Gasteiger partial charge in [0.25, 0.3) is 0 Å². The van der Waals surface area contributed by atoms with Gasteiger partial charge in [-0.2, -0.15) is 39.5 Å². The third kappa shape index (κ3) is 4.03. The topological polar surface area (TPSA) is 26.3 Å². The standard InChI is InChI=1S/C10H9F9O2/c1-5(6(20)21-2)9(16,17)10(18,19)7(11,12)3-4-8(13,14)15/h1,3-4H2,2H3. The Morgan fingerprint density at radius 2 is 1.38 bits per heavy atom. The Bertz CT molecular complexity index is 411. The van der Waals surface area contributed by atoms with Crippen molar-refractivity contribution in [2.45, 2.75) is 36.8 Å². The largest absolute Gasteiger partial charge is 0.466 e. The molecular formula is C10H9F9O2. The van der Waals surface area contributed by atoms with E-state index in [0.29, 0.717) is 7.11 Å². The van der Waals surface area contributed by atoms with Gasteiger partial charge < -0.3 is 4.74 Å². The van der Waals surface area contributed by atoms with E-state index in [1.165, 1.54) is 0 Å². The minimum Gasteiger partial charge on any atom is -0.466 e. The number of alkyl halides is 9. The van der Waals surface area contributed by atoms with Crippen molar-refractivity contribution in [3.63, 3.8) is 0 Å². The third-order valence-electron chi connectivity index (χ3n) is 2.39. The number of hydrogen-bond donors (Lipinski definition) is 0. The molecule has 0 saturated carbocycles. The molecule has 0 aliphatic rings. The van der Waals surface area contributed by atoms with Crippen molar-refractivity contribution in [2.75, 3.05) is 7.11 Å². The summed E-state index contributed by atoms with van der Waals surface area (Å²) in [7, 11) is 0.504. The quantitative estimate of drug-likeness (QED) is 0.418. The number of esters is 1. The number of hydrogen-bond acceptors (Lipinski definition) is 2. The first kappa shape index (κ1) is 19.6. The van der Waals surface area contributed by atoms with Crippen LogP contribution in [0.5, 0.6) is 0 Å². The molecule has 0 spiro atoms. The highest BCUT2D eigenvalue weighted by molar-refractivity contribution is 5.89. The molecule has 0 atom stereocenters. The highest BCUT2D eigenvalue weighted by Gasteiger charge is 2.73. The lowest BCUT2D eigenvalue weighted by molar-refractivity contribution is -0.302. The van der Waals surface area contributed by atoms with Crippen molar-refractivity contribution in [2.24, 2.45) is 0 Å². The molecule has 0 aromatic carbocycles. The molecule has 0 unspecified atom stereocenters. The molecule has 0 amide bonds. The fourth-order valence-corrected chi connectivity index (χ4v) is 1.13. The fourth-order valence-electron chi connectivity index (χ4n) is 1.13. The van der Waals surface area contributed by atoms with E-state index in [4.69, 9.17) is 0 Å². The Balaban J connectivity index is 5.41. The molecule has 0 heterocycles. The second-order valence-electron chi connectivity index (χ2n) is 3.94. The maximum atomic E-state index is 13.2. The van der Waals surface area contributed by atoms with Crippen LogP contribution in [0.1, 0.15) is 12.8 Å². The Morgan fingerprint density at radius 3 is 1.71 bits per heavy atom. The third-order valence-corrected chi connectivity index (χ3v) is 2.39. The van der Waals surface area contributed by atoms with Gasteiger partial charge in [-0.25, -0.2) is 4.79 Å². The predicted octanol–water partition coefficient (Wildman–Crippen LogP) is 3.96. The van der Waals surface area contributed by atoms with Crippen LogP contribution in [0.3, 0.4) is 0 Å². The molecule has 0 rings (SSSR count). The lowest BCUT2D eigenvalue weighted by atomic mass is 9.95. The zero-order valence-electron chi connectivity index (χ0n) is 10.3. The van der Waals surface area contributed by atoms with Crippen molar-refractivity contribution < 1.29 is 49.0 Å². The van der Waals surface area contributed by atoms with E-state index >= 15 is 0 Å². The highest BCUT2D eigenvalue weighted by Crippen LogP contribution is 2.51. The van der Waals surface area contributed by atoms with Gasteiger partial charge in [-0.3, -0.25) is 0 Å². The molecule has 0 aliphatic heterocycles. The molecule has 0 radical (unpaired) electrons. The smallest absolute Gasteiger partial charge is 0.389 e. The first-order valence-corrected chi connectivity index (χ1v) is 5.08. The van der Waals surface area contributed by atoms with Crippen LogP contribution >= 0.6 is 0 Å². The Hall–Kier alpha value is -1.42. The number of halogens is 9. The van der Waals surface area contributed by atoms with E-state index in [2.05, 4.69) is 11.3 Å². The second-order valence-corrected chi connectivity index (χ2v) is 3.94. The van der Waals surface area contributed by atoms with E-state index in [1.54, 1.807) is 0 Å². The number of rotatable bonds is 6. The van der Waals surface area contributed by atoms with Crippen LogP contribution in [0.4, 0.5) is 39.5 Å². The van der Waals surface area contributed by atoms with Gasteiger partial charge in [0.05, 0.1) is 7.11 Å². The van der Waals surface area contributed by atoms with Crippen molar-refractivity contribution in [1.82, 2.24) is 0 Å². The van der Waals surface area contributed by atoms with Gasteiger partial charge in [0.1, 0.15) is 5.57 Å². The Labute approximate surface area is 112 Å². The van der Waals surface area contributed by atoms with E-state index < -0.39 is 48.3 Å². The van der Waals surface area contributed by atoms with Gasteiger partial charge in [0, 0.05) is 12.8 Å². The van der Waals surface area contributed by atoms with Crippen molar-refractivity contribution in [1.29, 1.82) is 0 Å². The first-order valence-electron chi connectivity index (χ1n) is 5.08. The molecule has 0 bridgehead atoms. The second kappa shape index (κ2) is 5.76. The summed E-state index contributed by atoms with van der Waals surface area (Å²) in [4.78, 5) is 10.7. The monoisotopic (exact) mass is 332 g/mol. The lowest BCUT2D eigenvalue weighted by Gasteiger charge is -2.33. The summed E-state index contributed by atoms with van der Waals surface area (Å²) in [5, 5.41) is 0. The maximum absolute atomic E-state index is 13.2. The van der Waals surface area contributed by atoms with E-state index in [9.17, 15) is 44.3 Å². The lowest BCUT2D eigenvalue weighted by Crippen LogP contribution is -2.56. The van der Waals surface area contributed by atoms with E-state index in [-0.39, 0.29) is 0 Å². The van der Waals surface area contributed by atoms with Crippen LogP contribution in [0.15, 0.2) is 12.2 Å². The van der Waals surface area contributed by atoms with Gasteiger partial charge in [0.2, 0.25) is 0 Å². The summed E-state index contributed by atoms with van der Waals surface area (Å²) in [5.41, 5.74) is -2.29. The average Bonchev–Trinajstić information content (AvgIpc) is 2.33. The number of ether oxygens (including phenoxy) is 1. The van der Waals surface area contributed by atoms with Crippen LogP contribution in [-0.4, -0.2) is 37.0 Å². The molecule has 0 aromatic heterocycles. The van der Waals surface area contributed by atoms with Crippen LogP contribution in [0.2, 0.25) is 0 Å². The SMILES string of the molecule is C=C(C(=O)OC)C(F)(F)C(F)(F)C(F)(F)CCC(F)(F)F. The van der Waals surface area contributed by atoms with Gasteiger partial charge in [-0.05, 0) is 0 Å². The Morgan fingerprint density at radius 1 is 0.952 bits per heavy atom. The van der Waals surface area contributed by atoms with Gasteiger partial charge in [0.15, 0.2) is 0 Å². The molecule has 11 heteroatoms. The molecule has 2 nitrogen and oxygen atoms in total. The molecular weight excluding hydrogens is 323 g/mol. The summed E-state index contributed by atoms with van der Waals surface area (Å²) in [6, 6.07) is 0. The van der Waals surface area contributed by atoms with Crippen molar-refractivity contribution >= 4 is 5.97 Å². The van der Waals surface area contributed by atoms with Crippen LogP contribution in [-0.2, 0) is 9.53 Å². The Kier molecular flexibility index (Phi) is 5.37. The number of carbonyl (C=O) groups is 1. The summed E-state index contributed by atoms with van der Waals surface area (Å²) in [6.45, 7) is 2.23. The van der Waals surface area contributed by atoms with Crippen molar-refractivity contribution in [3.8, 4) is 0 Å². The minimum absolute atomic E-state index is 0.504. The minimum atomic E-state index is -6.25. The van der Waals surface area contributed by atoms with Crippen LogP contribution in [0.25, 0.3) is 0 Å². The fraction of sp³-hybridized carbons (Fsp3) is 0.700. The molecule has 21 heavy (non-hydrogen) atoms. The number of carbonyl (C=O) groups excluding carboxylic acids is 1. The van der Waals surface area contributed by atoms with Crippen LogP contribution in [0, 0.1) is 0 Å². The zero-order chi connectivity index (χ0) is 17.3. The molecule has 0 aromatic rings. The van der Waals surface area contributed by atoms with Gasteiger partial charge >= 0.3 is 29.9 Å². The molecule has 0 saturated heterocycles. The molecule has 124 valence electrons. The highest BCUT2D eigenvalue weighted by atomic mass is 19.4. The average molecular weight is 332 g/mol. The summed E-state index contributed by atoms with van der Waals surface area (Å²) >= 11 is 0. The molecule has 0 aliphatic carbocycles. The summed E-state index contributed by atoms with van der Waals surface area (Å²) < 4.78 is 118. The summed E-state index contributed by atoms with van der Waals surface area (Å²) in [6.07, 6.45) is -10.2. The van der Waals surface area contributed by atoms with Gasteiger partial charge in [-0.1, -0.05) is 6.58 Å². The summed E-state index contributed by atoms with van der Waals surface area (Å²) in [5.74, 6) is -19.8.